The van der Waals surface area contributed by atoms with Crippen LogP contribution in [-0.4, -0.2) is 47.7 Å². The van der Waals surface area contributed by atoms with E-state index in [-0.39, 0.29) is 17.9 Å². The largest absolute Gasteiger partial charge is 0.463 e. The maximum atomic E-state index is 12.5. The smallest absolute Gasteiger partial charge is 0.393 e. The van der Waals surface area contributed by atoms with Gasteiger partial charge in [-0.1, -0.05) is 0 Å². The lowest BCUT2D eigenvalue weighted by Crippen LogP contribution is -2.51. The fourth-order valence-corrected chi connectivity index (χ4v) is 0.843. The van der Waals surface area contributed by atoms with Crippen LogP contribution in [0.25, 0.3) is 0 Å². The molecule has 0 aliphatic carbocycles. The first-order valence-electron chi connectivity index (χ1n) is 4.38. The van der Waals surface area contributed by atoms with Crippen LogP contribution in [0.5, 0.6) is 0 Å². The fraction of sp³-hybridized carbons (Fsp3) is 0.875. The molecule has 0 aromatic rings. The number of aliphatic hydroxyl groups is 1. The second kappa shape index (κ2) is 4.94. The van der Waals surface area contributed by atoms with E-state index in [4.69, 9.17) is 5.11 Å². The summed E-state index contributed by atoms with van der Waals surface area (Å²) in [7, 11) is 0.824. The number of nitrogens with zero attached hydrogens (tertiary/aromatic N) is 1. The Balaban J connectivity index is 4.55. The zero-order valence-electron chi connectivity index (χ0n) is 8.68. The summed E-state index contributed by atoms with van der Waals surface area (Å²) in [6.07, 6.45) is -6.85. The van der Waals surface area contributed by atoms with Gasteiger partial charge in [-0.15, -0.1) is 0 Å². The first kappa shape index (κ1) is 15.1. The molecule has 0 saturated carbocycles. The summed E-state index contributed by atoms with van der Waals surface area (Å²) in [4.78, 5) is 11.0. The third-order valence-electron chi connectivity index (χ3n) is 1.85. The molecule has 0 radical (unpaired) electrons. The highest BCUT2D eigenvalue weighted by atomic mass is 19.4. The Morgan fingerprint density at radius 2 is 1.75 bits per heavy atom. The van der Waals surface area contributed by atoms with E-state index in [2.05, 4.69) is 0 Å². The van der Waals surface area contributed by atoms with Crippen LogP contribution >= 0.6 is 0 Å². The molecule has 0 aliphatic heterocycles. The monoisotopic (exact) mass is 249 g/mol. The number of halogens is 5. The van der Waals surface area contributed by atoms with Gasteiger partial charge >= 0.3 is 18.0 Å². The molecule has 1 unspecified atom stereocenters. The summed E-state index contributed by atoms with van der Waals surface area (Å²) in [6, 6.07) is 0. The van der Waals surface area contributed by atoms with Gasteiger partial charge in [0.1, 0.15) is 0 Å². The van der Waals surface area contributed by atoms with Crippen LogP contribution < -0.4 is 0 Å². The molecular weight excluding hydrogens is 237 g/mol. The van der Waals surface area contributed by atoms with E-state index in [1.54, 1.807) is 0 Å². The Morgan fingerprint density at radius 3 is 2.06 bits per heavy atom. The highest BCUT2D eigenvalue weighted by Gasteiger charge is 2.64. The standard InChI is InChI=1S/C8H12F5NO2/c1-5(15)3-4-14(2)6(16)7(9,10)8(11,12)13/h5,15H,3-4H2,1-2H3. The highest BCUT2D eigenvalue weighted by molar-refractivity contribution is 5.84. The molecule has 1 amide bonds. The summed E-state index contributed by atoms with van der Waals surface area (Å²) in [5, 5.41) is 8.80. The van der Waals surface area contributed by atoms with E-state index in [0.29, 0.717) is 0 Å². The van der Waals surface area contributed by atoms with Gasteiger partial charge in [-0.25, -0.2) is 0 Å². The van der Waals surface area contributed by atoms with Crippen molar-refractivity contribution < 1.29 is 31.9 Å². The molecule has 0 aromatic heterocycles. The minimum atomic E-state index is -5.90. The zero-order valence-corrected chi connectivity index (χ0v) is 8.68. The summed E-state index contributed by atoms with van der Waals surface area (Å²) >= 11 is 0. The Bertz CT molecular complexity index is 251. The molecule has 8 heteroatoms. The van der Waals surface area contributed by atoms with Crippen molar-refractivity contribution in [1.29, 1.82) is 0 Å². The normalized spacial score (nSPS) is 14.8. The lowest BCUT2D eigenvalue weighted by molar-refractivity contribution is -0.274. The van der Waals surface area contributed by atoms with Crippen LogP contribution in [0.4, 0.5) is 22.0 Å². The van der Waals surface area contributed by atoms with Crippen molar-refractivity contribution in [3.63, 3.8) is 0 Å². The molecule has 1 N–H and O–H groups in total. The van der Waals surface area contributed by atoms with Gasteiger partial charge in [-0.05, 0) is 13.3 Å². The van der Waals surface area contributed by atoms with E-state index in [0.717, 1.165) is 7.05 Å². The van der Waals surface area contributed by atoms with E-state index >= 15 is 0 Å². The highest BCUT2D eigenvalue weighted by Crippen LogP contribution is 2.36. The Hall–Kier alpha value is -0.920. The van der Waals surface area contributed by atoms with Crippen LogP contribution in [-0.2, 0) is 4.79 Å². The fourth-order valence-electron chi connectivity index (χ4n) is 0.843. The Morgan fingerprint density at radius 1 is 1.31 bits per heavy atom. The van der Waals surface area contributed by atoms with E-state index in [1.807, 2.05) is 0 Å². The molecule has 3 nitrogen and oxygen atoms in total. The van der Waals surface area contributed by atoms with Gasteiger partial charge in [0.2, 0.25) is 0 Å². The van der Waals surface area contributed by atoms with Gasteiger partial charge in [0, 0.05) is 13.6 Å². The van der Waals surface area contributed by atoms with Crippen molar-refractivity contribution >= 4 is 5.91 Å². The molecule has 0 fully saturated rings. The van der Waals surface area contributed by atoms with Gasteiger partial charge in [0.25, 0.3) is 0 Å². The predicted octanol–water partition coefficient (Wildman–Crippen LogP) is 1.41. The van der Waals surface area contributed by atoms with E-state index < -0.39 is 24.1 Å². The summed E-state index contributed by atoms with van der Waals surface area (Å²) in [5.41, 5.74) is 0. The zero-order chi connectivity index (χ0) is 13.1. The number of rotatable bonds is 4. The number of hydrogen-bond acceptors (Lipinski definition) is 2. The van der Waals surface area contributed by atoms with Crippen LogP contribution in [0.2, 0.25) is 0 Å². The van der Waals surface area contributed by atoms with Crippen LogP contribution in [0.1, 0.15) is 13.3 Å². The Kier molecular flexibility index (Phi) is 4.66. The molecule has 0 aromatic carbocycles. The molecule has 0 bridgehead atoms. The van der Waals surface area contributed by atoms with Gasteiger partial charge in [-0.3, -0.25) is 4.79 Å². The minimum Gasteiger partial charge on any atom is -0.393 e. The number of hydrogen-bond donors (Lipinski definition) is 1. The molecule has 1 atom stereocenters. The lowest BCUT2D eigenvalue weighted by Gasteiger charge is -2.25. The average Bonchev–Trinajstić information content (AvgIpc) is 2.10. The van der Waals surface area contributed by atoms with Crippen molar-refractivity contribution in [2.75, 3.05) is 13.6 Å². The van der Waals surface area contributed by atoms with Crippen molar-refractivity contribution in [1.82, 2.24) is 4.90 Å². The predicted molar refractivity (Wildman–Crippen MR) is 44.9 cm³/mol. The van der Waals surface area contributed by atoms with Crippen molar-refractivity contribution in [2.45, 2.75) is 31.5 Å². The molecule has 16 heavy (non-hydrogen) atoms. The Labute approximate surface area is 88.8 Å². The van der Waals surface area contributed by atoms with E-state index in [1.165, 1.54) is 6.92 Å². The second-order valence-electron chi connectivity index (χ2n) is 3.44. The van der Waals surface area contributed by atoms with Crippen molar-refractivity contribution in [2.24, 2.45) is 0 Å². The molecule has 0 aliphatic rings. The number of carbonyl (C=O) groups is 1. The molecule has 0 heterocycles. The first-order chi connectivity index (χ1) is 7.00. The van der Waals surface area contributed by atoms with Crippen molar-refractivity contribution in [3.8, 4) is 0 Å². The third kappa shape index (κ3) is 3.58. The number of carbonyl (C=O) groups excluding carboxylic acids is 1. The van der Waals surface area contributed by atoms with Crippen molar-refractivity contribution in [3.05, 3.63) is 0 Å². The number of alkyl halides is 5. The third-order valence-corrected chi connectivity index (χ3v) is 1.85. The summed E-state index contributed by atoms with van der Waals surface area (Å²) in [5.74, 6) is -7.71. The average molecular weight is 249 g/mol. The van der Waals surface area contributed by atoms with Crippen LogP contribution in [0.3, 0.4) is 0 Å². The van der Waals surface area contributed by atoms with Gasteiger partial charge in [0.05, 0.1) is 6.10 Å². The maximum absolute atomic E-state index is 12.5. The van der Waals surface area contributed by atoms with Gasteiger partial charge in [-0.2, -0.15) is 22.0 Å². The molecular formula is C8H12F5NO2. The maximum Gasteiger partial charge on any atom is 0.463 e. The van der Waals surface area contributed by atoms with Gasteiger partial charge in [0.15, 0.2) is 0 Å². The molecule has 0 saturated heterocycles. The van der Waals surface area contributed by atoms with Gasteiger partial charge < -0.3 is 10.0 Å². The molecule has 0 spiro atoms. The summed E-state index contributed by atoms with van der Waals surface area (Å²) < 4.78 is 60.4. The molecule has 96 valence electrons. The minimum absolute atomic E-state index is 0.0732. The topological polar surface area (TPSA) is 40.5 Å². The summed E-state index contributed by atoms with van der Waals surface area (Å²) in [6.45, 7) is 0.961. The number of amides is 1. The number of aliphatic hydroxyl groups excluding tert-OH is 1. The molecule has 0 rings (SSSR count). The first-order valence-corrected chi connectivity index (χ1v) is 4.38. The second-order valence-corrected chi connectivity index (χ2v) is 3.44. The SMILES string of the molecule is CC(O)CCN(C)C(=O)C(F)(F)C(F)(F)F. The van der Waals surface area contributed by atoms with Crippen LogP contribution in [0, 0.1) is 0 Å². The van der Waals surface area contributed by atoms with E-state index in [9.17, 15) is 26.7 Å². The lowest BCUT2D eigenvalue weighted by atomic mass is 10.2. The quantitative estimate of drug-likeness (QED) is 0.765. The van der Waals surface area contributed by atoms with Crippen LogP contribution in [0.15, 0.2) is 0 Å².